The van der Waals surface area contributed by atoms with E-state index in [0.29, 0.717) is 13.2 Å². The van der Waals surface area contributed by atoms with Gasteiger partial charge in [0.05, 0.1) is 6.20 Å². The fraction of sp³-hybridized carbons (Fsp3) is 0.455. The Bertz CT molecular complexity index is 385. The fourth-order valence-electron chi connectivity index (χ4n) is 1.32. The summed E-state index contributed by atoms with van der Waals surface area (Å²) in [5, 5.41) is 11.7. The molecule has 0 aliphatic heterocycles. The Kier molecular flexibility index (Phi) is 5.35. The first-order valence-electron chi connectivity index (χ1n) is 5.27. The summed E-state index contributed by atoms with van der Waals surface area (Å²) in [6, 6.07) is 0.951. The minimum absolute atomic E-state index is 0.156. The number of unbranched alkanes of at least 4 members (excludes halogenated alkanes) is 1. The highest BCUT2D eigenvalue weighted by Gasteiger charge is 2.12. The molecule has 1 rings (SSSR count). The molecule has 0 fully saturated rings. The number of halogens is 1. The maximum Gasteiger partial charge on any atom is 0.339 e. The maximum atomic E-state index is 12.8. The first kappa shape index (κ1) is 13.4. The number of carboxylic acids is 1. The van der Waals surface area contributed by atoms with Gasteiger partial charge in [0.15, 0.2) is 0 Å². The number of hydrogen-bond donors (Lipinski definition) is 2. The van der Waals surface area contributed by atoms with Gasteiger partial charge >= 0.3 is 5.97 Å². The third-order valence-corrected chi connectivity index (χ3v) is 2.15. The number of nitrogens with one attached hydrogen (secondary N) is 1. The van der Waals surface area contributed by atoms with Gasteiger partial charge in [0, 0.05) is 20.3 Å². The van der Waals surface area contributed by atoms with E-state index in [2.05, 4.69) is 10.3 Å². The van der Waals surface area contributed by atoms with Crippen molar-refractivity contribution in [2.24, 2.45) is 0 Å². The van der Waals surface area contributed by atoms with Gasteiger partial charge in [-0.3, -0.25) is 0 Å². The normalized spacial score (nSPS) is 10.2. The summed E-state index contributed by atoms with van der Waals surface area (Å²) in [6.07, 6.45) is 2.68. The Morgan fingerprint density at radius 2 is 2.35 bits per heavy atom. The van der Waals surface area contributed by atoms with Crippen LogP contribution in [0.4, 0.5) is 10.2 Å². The van der Waals surface area contributed by atoms with Crippen LogP contribution >= 0.6 is 0 Å². The number of aromatic nitrogens is 1. The molecule has 0 atom stereocenters. The smallest absolute Gasteiger partial charge is 0.339 e. The van der Waals surface area contributed by atoms with Crippen molar-refractivity contribution in [3.63, 3.8) is 0 Å². The third-order valence-electron chi connectivity index (χ3n) is 2.15. The SMILES string of the molecule is COCCCCNc1ncc(F)cc1C(=O)O. The number of carboxylic acid groups (broad SMARTS) is 1. The zero-order valence-electron chi connectivity index (χ0n) is 9.57. The van der Waals surface area contributed by atoms with Gasteiger partial charge in [0.1, 0.15) is 17.2 Å². The van der Waals surface area contributed by atoms with E-state index in [0.717, 1.165) is 25.1 Å². The summed E-state index contributed by atoms with van der Waals surface area (Å²) in [7, 11) is 1.62. The zero-order chi connectivity index (χ0) is 12.7. The van der Waals surface area contributed by atoms with Crippen molar-refractivity contribution in [2.75, 3.05) is 25.6 Å². The number of ether oxygens (including phenoxy) is 1. The largest absolute Gasteiger partial charge is 0.478 e. The van der Waals surface area contributed by atoms with Gasteiger partial charge in [-0.25, -0.2) is 14.2 Å². The number of methoxy groups -OCH3 is 1. The Balaban J connectivity index is 2.55. The van der Waals surface area contributed by atoms with E-state index in [9.17, 15) is 9.18 Å². The van der Waals surface area contributed by atoms with Crippen molar-refractivity contribution < 1.29 is 19.0 Å². The van der Waals surface area contributed by atoms with E-state index in [4.69, 9.17) is 9.84 Å². The Morgan fingerprint density at radius 1 is 1.59 bits per heavy atom. The number of pyridine rings is 1. The second-order valence-electron chi connectivity index (χ2n) is 3.48. The predicted octanol–water partition coefficient (Wildman–Crippen LogP) is 1.76. The molecule has 0 bridgehead atoms. The standard InChI is InChI=1S/C11H15FN2O3/c1-17-5-3-2-4-13-10-9(11(15)16)6-8(12)7-14-10/h6-7H,2-5H2,1H3,(H,13,14)(H,15,16). The molecule has 0 amide bonds. The van der Waals surface area contributed by atoms with Crippen LogP contribution in [-0.4, -0.2) is 36.3 Å². The molecule has 94 valence electrons. The Morgan fingerprint density at radius 3 is 3.00 bits per heavy atom. The molecule has 1 aromatic rings. The highest BCUT2D eigenvalue weighted by molar-refractivity contribution is 5.93. The molecule has 0 aliphatic carbocycles. The molecular formula is C11H15FN2O3. The van der Waals surface area contributed by atoms with Gasteiger partial charge in [-0.05, 0) is 18.9 Å². The summed E-state index contributed by atoms with van der Waals surface area (Å²) >= 11 is 0. The highest BCUT2D eigenvalue weighted by atomic mass is 19.1. The van der Waals surface area contributed by atoms with E-state index in [-0.39, 0.29) is 11.4 Å². The van der Waals surface area contributed by atoms with Crippen LogP contribution < -0.4 is 5.32 Å². The van der Waals surface area contributed by atoms with Crippen molar-refractivity contribution in [2.45, 2.75) is 12.8 Å². The lowest BCUT2D eigenvalue weighted by atomic mass is 10.2. The second-order valence-corrected chi connectivity index (χ2v) is 3.48. The average molecular weight is 242 g/mol. The van der Waals surface area contributed by atoms with Gasteiger partial charge in [-0.2, -0.15) is 0 Å². The molecule has 17 heavy (non-hydrogen) atoms. The first-order chi connectivity index (χ1) is 8.15. The Hall–Kier alpha value is -1.69. The first-order valence-corrected chi connectivity index (χ1v) is 5.27. The molecule has 0 spiro atoms. The van der Waals surface area contributed by atoms with Crippen LogP contribution in [-0.2, 0) is 4.74 Å². The van der Waals surface area contributed by atoms with Crippen LogP contribution in [0.25, 0.3) is 0 Å². The van der Waals surface area contributed by atoms with Gasteiger partial charge in [-0.15, -0.1) is 0 Å². The zero-order valence-corrected chi connectivity index (χ0v) is 9.57. The van der Waals surface area contributed by atoms with Crippen LogP contribution in [0.2, 0.25) is 0 Å². The van der Waals surface area contributed by atoms with E-state index in [1.165, 1.54) is 0 Å². The Labute approximate surface area is 98.6 Å². The molecular weight excluding hydrogens is 227 g/mol. The van der Waals surface area contributed by atoms with Crippen LogP contribution in [0, 0.1) is 5.82 Å². The molecule has 0 radical (unpaired) electrons. The van der Waals surface area contributed by atoms with Gasteiger partial charge in [0.2, 0.25) is 0 Å². The fourth-order valence-corrected chi connectivity index (χ4v) is 1.32. The van der Waals surface area contributed by atoms with Crippen LogP contribution in [0.3, 0.4) is 0 Å². The number of aromatic carboxylic acids is 1. The minimum atomic E-state index is -1.20. The number of nitrogens with zero attached hydrogens (tertiary/aromatic N) is 1. The number of carbonyl (C=O) groups is 1. The van der Waals surface area contributed by atoms with E-state index in [1.807, 2.05) is 0 Å². The van der Waals surface area contributed by atoms with Crippen molar-refractivity contribution in [3.8, 4) is 0 Å². The van der Waals surface area contributed by atoms with E-state index in [1.54, 1.807) is 7.11 Å². The molecule has 5 nitrogen and oxygen atoms in total. The van der Waals surface area contributed by atoms with Crippen LogP contribution in [0.15, 0.2) is 12.3 Å². The molecule has 0 saturated carbocycles. The van der Waals surface area contributed by atoms with Crippen molar-refractivity contribution in [3.05, 3.63) is 23.6 Å². The quantitative estimate of drug-likeness (QED) is 0.713. The van der Waals surface area contributed by atoms with Crippen molar-refractivity contribution in [1.29, 1.82) is 0 Å². The third kappa shape index (κ3) is 4.36. The lowest BCUT2D eigenvalue weighted by Gasteiger charge is -2.08. The lowest BCUT2D eigenvalue weighted by molar-refractivity contribution is 0.0697. The second kappa shape index (κ2) is 6.80. The van der Waals surface area contributed by atoms with Crippen LogP contribution in [0.1, 0.15) is 23.2 Å². The molecule has 0 aliphatic rings. The maximum absolute atomic E-state index is 12.8. The van der Waals surface area contributed by atoms with Gasteiger partial charge < -0.3 is 15.2 Å². The molecule has 0 aromatic carbocycles. The summed E-state index contributed by atoms with van der Waals surface area (Å²) in [6.45, 7) is 1.23. The highest BCUT2D eigenvalue weighted by Crippen LogP contribution is 2.13. The summed E-state index contributed by atoms with van der Waals surface area (Å²) in [5.41, 5.74) is -0.156. The molecule has 0 saturated heterocycles. The molecule has 1 aromatic heterocycles. The average Bonchev–Trinajstić information content (AvgIpc) is 2.30. The summed E-state index contributed by atoms with van der Waals surface area (Å²) < 4.78 is 17.7. The number of anilines is 1. The monoisotopic (exact) mass is 242 g/mol. The summed E-state index contributed by atoms with van der Waals surface area (Å²) in [5.74, 6) is -1.67. The number of rotatable bonds is 7. The number of hydrogen-bond acceptors (Lipinski definition) is 4. The van der Waals surface area contributed by atoms with E-state index < -0.39 is 11.8 Å². The molecule has 6 heteroatoms. The van der Waals surface area contributed by atoms with Gasteiger partial charge in [-0.1, -0.05) is 0 Å². The van der Waals surface area contributed by atoms with Crippen molar-refractivity contribution in [1.82, 2.24) is 4.98 Å². The van der Waals surface area contributed by atoms with Crippen molar-refractivity contribution >= 4 is 11.8 Å². The lowest BCUT2D eigenvalue weighted by Crippen LogP contribution is -2.10. The molecule has 1 heterocycles. The minimum Gasteiger partial charge on any atom is -0.478 e. The topological polar surface area (TPSA) is 71.5 Å². The van der Waals surface area contributed by atoms with E-state index >= 15 is 0 Å². The molecule has 2 N–H and O–H groups in total. The summed E-state index contributed by atoms with van der Waals surface area (Å²) in [4.78, 5) is 14.6. The molecule has 0 unspecified atom stereocenters. The predicted molar refractivity (Wildman–Crippen MR) is 60.8 cm³/mol. The van der Waals surface area contributed by atoms with Gasteiger partial charge in [0.25, 0.3) is 0 Å². The van der Waals surface area contributed by atoms with Crippen LogP contribution in [0.5, 0.6) is 0 Å².